The summed E-state index contributed by atoms with van der Waals surface area (Å²) in [5.41, 5.74) is 7.61. The fourth-order valence-corrected chi connectivity index (χ4v) is 2.58. The molecule has 1 heterocycles. The minimum atomic E-state index is 0.279. The molecule has 0 spiro atoms. The summed E-state index contributed by atoms with van der Waals surface area (Å²) in [5.74, 6) is 1.19. The van der Waals surface area contributed by atoms with E-state index < -0.39 is 0 Å². The predicted octanol–water partition coefficient (Wildman–Crippen LogP) is 3.44. The van der Waals surface area contributed by atoms with Crippen LogP contribution in [0.1, 0.15) is 12.0 Å². The third-order valence-electron chi connectivity index (χ3n) is 3.33. The van der Waals surface area contributed by atoms with Gasteiger partial charge in [-0.25, -0.2) is 4.99 Å². The zero-order valence-electron chi connectivity index (χ0n) is 11.5. The van der Waals surface area contributed by atoms with Crippen LogP contribution >= 0.6 is 11.6 Å². The van der Waals surface area contributed by atoms with Crippen molar-refractivity contribution in [3.63, 3.8) is 0 Å². The third kappa shape index (κ3) is 2.62. The van der Waals surface area contributed by atoms with Crippen LogP contribution in [0.4, 0.5) is 0 Å². The van der Waals surface area contributed by atoms with Gasteiger partial charge >= 0.3 is 0 Å². The maximum Gasteiger partial charge on any atom is 0.149 e. The van der Waals surface area contributed by atoms with Gasteiger partial charge in [0.2, 0.25) is 0 Å². The van der Waals surface area contributed by atoms with E-state index in [0.717, 1.165) is 27.8 Å². The molecule has 5 heteroatoms. The molecule has 0 atom stereocenters. The van der Waals surface area contributed by atoms with E-state index in [1.165, 1.54) is 6.20 Å². The number of hydrogen-bond acceptors (Lipinski definition) is 4. The predicted molar refractivity (Wildman–Crippen MR) is 87.2 cm³/mol. The molecule has 0 radical (unpaired) electrons. The lowest BCUT2D eigenvalue weighted by Gasteiger charge is -2.13. The number of aliphatic imine (C=N–C) groups is 2. The van der Waals surface area contributed by atoms with Crippen molar-refractivity contribution in [3.05, 3.63) is 53.3 Å². The molecule has 4 nitrogen and oxygen atoms in total. The second-order valence-corrected chi connectivity index (χ2v) is 5.06. The van der Waals surface area contributed by atoms with Gasteiger partial charge < -0.3 is 10.5 Å². The zero-order valence-corrected chi connectivity index (χ0v) is 12.3. The summed E-state index contributed by atoms with van der Waals surface area (Å²) in [6.07, 6.45) is 1.94. The van der Waals surface area contributed by atoms with Crippen LogP contribution in [0.5, 0.6) is 5.75 Å². The van der Waals surface area contributed by atoms with Crippen molar-refractivity contribution in [1.82, 2.24) is 0 Å². The van der Waals surface area contributed by atoms with Gasteiger partial charge in [0.25, 0.3) is 0 Å². The molecule has 0 unspecified atom stereocenters. The van der Waals surface area contributed by atoms with Crippen LogP contribution in [-0.4, -0.2) is 18.7 Å². The highest BCUT2D eigenvalue weighted by Gasteiger charge is 2.17. The van der Waals surface area contributed by atoms with E-state index in [1.807, 2.05) is 30.3 Å². The highest BCUT2D eigenvalue weighted by atomic mass is 35.5. The summed E-state index contributed by atoms with van der Waals surface area (Å²) >= 11 is 5.92. The molecular weight excluding hydrogens is 286 g/mol. The largest absolute Gasteiger partial charge is 0.496 e. The Labute approximate surface area is 127 Å². The maximum absolute atomic E-state index is 5.92. The van der Waals surface area contributed by atoms with Gasteiger partial charge in [-0.05, 0) is 16.8 Å². The van der Waals surface area contributed by atoms with E-state index in [4.69, 9.17) is 22.1 Å². The van der Waals surface area contributed by atoms with Gasteiger partial charge in [0.15, 0.2) is 0 Å². The summed E-state index contributed by atoms with van der Waals surface area (Å²) < 4.78 is 5.49. The average Bonchev–Trinajstić information content (AvgIpc) is 2.66. The monoisotopic (exact) mass is 299 g/mol. The Balaban J connectivity index is 2.26. The Bertz CT molecular complexity index is 793. The fraction of sp³-hybridized carbons (Fsp3) is 0.125. The van der Waals surface area contributed by atoms with Gasteiger partial charge in [0.05, 0.1) is 19.0 Å². The van der Waals surface area contributed by atoms with Gasteiger partial charge in [-0.2, -0.15) is 0 Å². The van der Waals surface area contributed by atoms with Crippen molar-refractivity contribution >= 4 is 33.9 Å². The molecule has 2 aromatic rings. The Hall–Kier alpha value is -2.33. The number of methoxy groups -OCH3 is 1. The van der Waals surface area contributed by atoms with E-state index in [-0.39, 0.29) is 5.16 Å². The lowest BCUT2D eigenvalue weighted by molar-refractivity contribution is 0.414. The Morgan fingerprint density at radius 2 is 2.00 bits per heavy atom. The first-order chi connectivity index (χ1) is 10.2. The van der Waals surface area contributed by atoms with Crippen molar-refractivity contribution in [2.45, 2.75) is 6.42 Å². The molecule has 0 aliphatic carbocycles. The maximum atomic E-state index is 5.92. The second-order valence-electron chi connectivity index (χ2n) is 4.67. The first-order valence-corrected chi connectivity index (χ1v) is 6.88. The summed E-state index contributed by atoms with van der Waals surface area (Å²) in [4.78, 5) is 8.48. The number of amidine groups is 1. The molecular formula is C16H14ClN3O. The number of fused-ring (bicyclic) bond motifs is 1. The van der Waals surface area contributed by atoms with Crippen LogP contribution in [0.15, 0.2) is 57.7 Å². The van der Waals surface area contributed by atoms with E-state index in [9.17, 15) is 0 Å². The van der Waals surface area contributed by atoms with Gasteiger partial charge in [0.1, 0.15) is 16.7 Å². The molecule has 21 heavy (non-hydrogen) atoms. The average molecular weight is 300 g/mol. The third-order valence-corrected chi connectivity index (χ3v) is 3.51. The molecule has 1 aliphatic rings. The van der Waals surface area contributed by atoms with Crippen LogP contribution in [0.2, 0.25) is 0 Å². The number of hydrogen-bond donors (Lipinski definition) is 1. The zero-order chi connectivity index (χ0) is 14.8. The van der Waals surface area contributed by atoms with Crippen molar-refractivity contribution in [2.75, 3.05) is 7.11 Å². The highest BCUT2D eigenvalue weighted by molar-refractivity contribution is 6.31. The number of halogens is 1. The van der Waals surface area contributed by atoms with Gasteiger partial charge in [-0.15, -0.1) is 0 Å². The van der Waals surface area contributed by atoms with E-state index >= 15 is 0 Å². The van der Waals surface area contributed by atoms with Crippen molar-refractivity contribution in [1.29, 1.82) is 0 Å². The summed E-state index contributed by atoms with van der Waals surface area (Å²) in [6, 6.07) is 12.0. The SMILES string of the molecule is COc1ccc2ccccc2c1C1=NC=C(Cl)N=C(N)C1. The van der Waals surface area contributed by atoms with E-state index in [2.05, 4.69) is 16.1 Å². The lowest BCUT2D eigenvalue weighted by atomic mass is 9.97. The van der Waals surface area contributed by atoms with Crippen molar-refractivity contribution < 1.29 is 4.74 Å². The van der Waals surface area contributed by atoms with Crippen LogP contribution in [0, 0.1) is 0 Å². The molecule has 2 aromatic carbocycles. The topological polar surface area (TPSA) is 60.0 Å². The number of ether oxygens (including phenoxy) is 1. The minimum Gasteiger partial charge on any atom is -0.496 e. The molecule has 0 saturated heterocycles. The Morgan fingerprint density at radius 3 is 2.81 bits per heavy atom. The molecule has 106 valence electrons. The number of benzene rings is 2. The van der Waals surface area contributed by atoms with Gasteiger partial charge in [0, 0.05) is 12.0 Å². The number of nitrogens with two attached hydrogens (primary N) is 1. The highest BCUT2D eigenvalue weighted by Crippen LogP contribution is 2.30. The smallest absolute Gasteiger partial charge is 0.149 e. The van der Waals surface area contributed by atoms with Gasteiger partial charge in [-0.3, -0.25) is 4.99 Å². The van der Waals surface area contributed by atoms with E-state index in [0.29, 0.717) is 12.3 Å². The molecule has 0 fully saturated rings. The Morgan fingerprint density at radius 1 is 1.19 bits per heavy atom. The van der Waals surface area contributed by atoms with Crippen molar-refractivity contribution in [3.8, 4) is 5.75 Å². The van der Waals surface area contributed by atoms with E-state index in [1.54, 1.807) is 7.11 Å². The van der Waals surface area contributed by atoms with Gasteiger partial charge in [-0.1, -0.05) is 41.9 Å². The molecule has 0 aromatic heterocycles. The molecule has 0 bridgehead atoms. The number of rotatable bonds is 2. The lowest BCUT2D eigenvalue weighted by Crippen LogP contribution is -2.17. The quantitative estimate of drug-likeness (QED) is 0.864. The number of nitrogens with zero attached hydrogens (tertiary/aromatic N) is 2. The first-order valence-electron chi connectivity index (χ1n) is 6.50. The standard InChI is InChI=1S/C16H14ClN3O/c1-21-13-7-6-10-4-2-3-5-11(10)16(13)12-8-15(18)20-14(17)9-19-12/h2-7,9H,8H2,1H3,(H2,18,20). The second kappa shape index (κ2) is 5.58. The molecule has 3 rings (SSSR count). The minimum absolute atomic E-state index is 0.279. The van der Waals surface area contributed by atoms with Crippen LogP contribution in [-0.2, 0) is 0 Å². The first kappa shape index (κ1) is 13.6. The summed E-state index contributed by atoms with van der Waals surface area (Å²) in [5, 5.41) is 2.46. The molecule has 2 N–H and O–H groups in total. The van der Waals surface area contributed by atoms with Crippen LogP contribution in [0.3, 0.4) is 0 Å². The molecule has 1 aliphatic heterocycles. The summed E-state index contributed by atoms with van der Waals surface area (Å²) in [7, 11) is 1.64. The normalized spacial score (nSPS) is 15.0. The Kier molecular flexibility index (Phi) is 3.62. The van der Waals surface area contributed by atoms with Crippen molar-refractivity contribution in [2.24, 2.45) is 15.7 Å². The van der Waals surface area contributed by atoms with Crippen LogP contribution < -0.4 is 10.5 Å². The fourth-order valence-electron chi connectivity index (χ4n) is 2.43. The summed E-state index contributed by atoms with van der Waals surface area (Å²) in [6.45, 7) is 0. The van der Waals surface area contributed by atoms with Crippen LogP contribution in [0.25, 0.3) is 10.8 Å². The molecule has 0 saturated carbocycles. The molecule has 0 amide bonds.